The summed E-state index contributed by atoms with van der Waals surface area (Å²) in [5.74, 6) is 0. The zero-order valence-corrected chi connectivity index (χ0v) is 12.2. The molecule has 5 nitrogen and oxygen atoms in total. The molecule has 1 aromatic rings. The number of nitro benzene ring substituents is 1. The number of rotatable bonds is 4. The van der Waals surface area contributed by atoms with Crippen molar-refractivity contribution in [2.24, 2.45) is 11.1 Å². The Balaban J connectivity index is 2.28. The average Bonchev–Trinajstić information content (AvgIpc) is 2.42. The topological polar surface area (TPSA) is 78.4 Å². The summed E-state index contributed by atoms with van der Waals surface area (Å²) in [6.07, 6.45) is 2.35. The standard InChI is InChI=1S/C13H17BrN2O3/c14-11-2-1-10(12(7-11)16(17)18)8-13(9-15)3-5-19-6-4-13/h1-2,7H,3-6,8-9,15H2. The fourth-order valence-corrected chi connectivity index (χ4v) is 2.87. The molecular formula is C13H17BrN2O3. The lowest BCUT2D eigenvalue weighted by Gasteiger charge is -2.36. The number of hydrogen-bond donors (Lipinski definition) is 1. The Hall–Kier alpha value is -0.980. The molecule has 1 aromatic carbocycles. The number of ether oxygens (including phenoxy) is 1. The molecule has 0 aromatic heterocycles. The van der Waals surface area contributed by atoms with Crippen molar-refractivity contribution in [3.63, 3.8) is 0 Å². The van der Waals surface area contributed by atoms with E-state index < -0.39 is 0 Å². The average molecular weight is 329 g/mol. The predicted molar refractivity (Wildman–Crippen MR) is 76.0 cm³/mol. The van der Waals surface area contributed by atoms with Gasteiger partial charge >= 0.3 is 0 Å². The number of nitro groups is 1. The summed E-state index contributed by atoms with van der Waals surface area (Å²) in [6.45, 7) is 1.90. The van der Waals surface area contributed by atoms with E-state index >= 15 is 0 Å². The molecular weight excluding hydrogens is 312 g/mol. The van der Waals surface area contributed by atoms with Gasteiger partial charge in [-0.05, 0) is 37.3 Å². The van der Waals surface area contributed by atoms with Crippen LogP contribution in [-0.4, -0.2) is 24.7 Å². The zero-order chi connectivity index (χ0) is 13.9. The second-order valence-corrected chi connectivity index (χ2v) is 5.94. The molecule has 6 heteroatoms. The van der Waals surface area contributed by atoms with Gasteiger partial charge in [-0.25, -0.2) is 0 Å². The molecule has 2 rings (SSSR count). The van der Waals surface area contributed by atoms with Crippen LogP contribution in [0.5, 0.6) is 0 Å². The van der Waals surface area contributed by atoms with Crippen molar-refractivity contribution >= 4 is 21.6 Å². The van der Waals surface area contributed by atoms with Crippen molar-refractivity contribution in [2.45, 2.75) is 19.3 Å². The van der Waals surface area contributed by atoms with E-state index in [4.69, 9.17) is 10.5 Å². The number of nitrogens with zero attached hydrogens (tertiary/aromatic N) is 1. The summed E-state index contributed by atoms with van der Waals surface area (Å²) in [4.78, 5) is 10.8. The monoisotopic (exact) mass is 328 g/mol. The first kappa shape index (κ1) is 14.4. The molecule has 0 amide bonds. The molecule has 0 bridgehead atoms. The van der Waals surface area contributed by atoms with Crippen molar-refractivity contribution in [2.75, 3.05) is 19.8 Å². The molecule has 1 heterocycles. The molecule has 104 valence electrons. The Morgan fingerprint density at radius 2 is 2.11 bits per heavy atom. The minimum atomic E-state index is -0.330. The largest absolute Gasteiger partial charge is 0.381 e. The Bertz CT molecular complexity index is 473. The van der Waals surface area contributed by atoms with Crippen LogP contribution in [0.25, 0.3) is 0 Å². The van der Waals surface area contributed by atoms with Crippen LogP contribution < -0.4 is 5.73 Å². The van der Waals surface area contributed by atoms with E-state index in [1.54, 1.807) is 6.07 Å². The van der Waals surface area contributed by atoms with E-state index in [0.717, 1.165) is 22.9 Å². The molecule has 0 aliphatic carbocycles. The van der Waals surface area contributed by atoms with E-state index in [-0.39, 0.29) is 16.0 Å². The molecule has 1 aliphatic rings. The Morgan fingerprint density at radius 3 is 2.68 bits per heavy atom. The Morgan fingerprint density at radius 1 is 1.42 bits per heavy atom. The minimum Gasteiger partial charge on any atom is -0.381 e. The first-order chi connectivity index (χ1) is 9.06. The third-order valence-electron chi connectivity index (χ3n) is 3.80. The highest BCUT2D eigenvalue weighted by Crippen LogP contribution is 2.36. The van der Waals surface area contributed by atoms with E-state index in [1.165, 1.54) is 0 Å². The van der Waals surface area contributed by atoms with Crippen LogP contribution in [-0.2, 0) is 11.2 Å². The molecule has 0 unspecified atom stereocenters. The van der Waals surface area contributed by atoms with Crippen molar-refractivity contribution in [3.05, 3.63) is 38.3 Å². The highest BCUT2D eigenvalue weighted by molar-refractivity contribution is 9.10. The Labute approximate surface area is 120 Å². The van der Waals surface area contributed by atoms with Crippen LogP contribution in [0.2, 0.25) is 0 Å². The number of hydrogen-bond acceptors (Lipinski definition) is 4. The predicted octanol–water partition coefficient (Wildman–Crippen LogP) is 2.66. The lowest BCUT2D eigenvalue weighted by molar-refractivity contribution is -0.385. The number of nitrogens with two attached hydrogens (primary N) is 1. The van der Waals surface area contributed by atoms with Gasteiger partial charge in [-0.2, -0.15) is 0 Å². The van der Waals surface area contributed by atoms with E-state index in [2.05, 4.69) is 15.9 Å². The third kappa shape index (κ3) is 3.32. The summed E-state index contributed by atoms with van der Waals surface area (Å²) in [5, 5.41) is 11.1. The quantitative estimate of drug-likeness (QED) is 0.680. The zero-order valence-electron chi connectivity index (χ0n) is 10.6. The van der Waals surface area contributed by atoms with E-state index in [0.29, 0.717) is 26.2 Å². The SMILES string of the molecule is NCC1(Cc2ccc(Br)cc2[N+](=O)[O-])CCOCC1. The maximum absolute atomic E-state index is 11.1. The van der Waals surface area contributed by atoms with Gasteiger partial charge in [0.05, 0.1) is 4.92 Å². The van der Waals surface area contributed by atoms with Gasteiger partial charge in [0.2, 0.25) is 0 Å². The first-order valence-electron chi connectivity index (χ1n) is 6.27. The van der Waals surface area contributed by atoms with Crippen molar-refractivity contribution in [1.82, 2.24) is 0 Å². The molecule has 0 atom stereocenters. The van der Waals surface area contributed by atoms with Gasteiger partial charge in [0, 0.05) is 29.3 Å². The molecule has 19 heavy (non-hydrogen) atoms. The smallest absolute Gasteiger partial charge is 0.273 e. The van der Waals surface area contributed by atoms with E-state index in [1.807, 2.05) is 12.1 Å². The summed E-state index contributed by atoms with van der Waals surface area (Å²) >= 11 is 3.27. The van der Waals surface area contributed by atoms with Gasteiger partial charge in [-0.1, -0.05) is 22.0 Å². The maximum Gasteiger partial charge on any atom is 0.273 e. The van der Waals surface area contributed by atoms with Gasteiger partial charge in [0.15, 0.2) is 0 Å². The van der Waals surface area contributed by atoms with Gasteiger partial charge in [-0.3, -0.25) is 10.1 Å². The molecule has 0 saturated carbocycles. The second kappa shape index (κ2) is 5.98. The van der Waals surface area contributed by atoms with Gasteiger partial charge in [-0.15, -0.1) is 0 Å². The first-order valence-corrected chi connectivity index (χ1v) is 7.06. The molecule has 1 fully saturated rings. The van der Waals surface area contributed by atoms with Crippen LogP contribution in [0.15, 0.2) is 22.7 Å². The molecule has 2 N–H and O–H groups in total. The second-order valence-electron chi connectivity index (χ2n) is 5.02. The molecule has 0 radical (unpaired) electrons. The van der Waals surface area contributed by atoms with Crippen LogP contribution in [0.4, 0.5) is 5.69 Å². The summed E-state index contributed by atoms with van der Waals surface area (Å²) in [6, 6.07) is 5.21. The lowest BCUT2D eigenvalue weighted by Crippen LogP contribution is -2.38. The van der Waals surface area contributed by atoms with Crippen molar-refractivity contribution < 1.29 is 9.66 Å². The van der Waals surface area contributed by atoms with Gasteiger partial charge in [0.25, 0.3) is 5.69 Å². The maximum atomic E-state index is 11.1. The summed E-state index contributed by atoms with van der Waals surface area (Å²) in [7, 11) is 0. The molecule has 0 spiro atoms. The number of halogens is 1. The minimum absolute atomic E-state index is 0.0726. The fourth-order valence-electron chi connectivity index (χ4n) is 2.52. The Kier molecular flexibility index (Phi) is 4.54. The molecule has 1 saturated heterocycles. The van der Waals surface area contributed by atoms with E-state index in [9.17, 15) is 10.1 Å². The van der Waals surface area contributed by atoms with Gasteiger partial charge in [0.1, 0.15) is 0 Å². The fraction of sp³-hybridized carbons (Fsp3) is 0.538. The van der Waals surface area contributed by atoms with Crippen LogP contribution in [0.3, 0.4) is 0 Å². The normalized spacial score (nSPS) is 18.2. The lowest BCUT2D eigenvalue weighted by atomic mass is 9.75. The van der Waals surface area contributed by atoms with Crippen LogP contribution in [0, 0.1) is 15.5 Å². The highest BCUT2D eigenvalue weighted by Gasteiger charge is 2.33. The highest BCUT2D eigenvalue weighted by atomic mass is 79.9. The summed E-state index contributed by atoms with van der Waals surface area (Å²) < 4.78 is 6.08. The number of benzene rings is 1. The van der Waals surface area contributed by atoms with Crippen molar-refractivity contribution in [3.8, 4) is 0 Å². The molecule has 1 aliphatic heterocycles. The van der Waals surface area contributed by atoms with Crippen LogP contribution in [0.1, 0.15) is 18.4 Å². The summed E-state index contributed by atoms with van der Waals surface area (Å²) in [5.41, 5.74) is 6.75. The third-order valence-corrected chi connectivity index (χ3v) is 4.29. The van der Waals surface area contributed by atoms with Gasteiger partial charge < -0.3 is 10.5 Å². The van der Waals surface area contributed by atoms with Crippen LogP contribution >= 0.6 is 15.9 Å². The van der Waals surface area contributed by atoms with Crippen molar-refractivity contribution in [1.29, 1.82) is 0 Å².